The predicted octanol–water partition coefficient (Wildman–Crippen LogP) is 3.08. The minimum atomic E-state index is 0.585. The maximum absolute atomic E-state index is 5.58. The number of aryl methyl sites for hydroxylation is 2. The zero-order valence-electron chi connectivity index (χ0n) is 14.3. The molecule has 0 saturated carbocycles. The van der Waals surface area contributed by atoms with Crippen LogP contribution in [0, 0.1) is 0 Å². The Bertz CT molecular complexity index is 732. The average molecular weight is 326 g/mol. The summed E-state index contributed by atoms with van der Waals surface area (Å²) in [5, 5.41) is 4.38. The van der Waals surface area contributed by atoms with E-state index in [1.54, 1.807) is 0 Å². The van der Waals surface area contributed by atoms with Crippen molar-refractivity contribution in [3.63, 3.8) is 0 Å². The van der Waals surface area contributed by atoms with E-state index in [0.29, 0.717) is 6.04 Å². The molecule has 128 valence electrons. The first kappa shape index (κ1) is 14.7. The van der Waals surface area contributed by atoms with Crippen molar-refractivity contribution in [2.45, 2.75) is 70.4 Å². The van der Waals surface area contributed by atoms with Crippen molar-refractivity contribution in [1.29, 1.82) is 0 Å². The van der Waals surface area contributed by atoms with Crippen molar-refractivity contribution >= 4 is 0 Å². The molecule has 1 saturated heterocycles. The van der Waals surface area contributed by atoms with E-state index in [0.717, 1.165) is 38.2 Å². The third kappa shape index (κ3) is 2.50. The van der Waals surface area contributed by atoms with Crippen LogP contribution in [-0.4, -0.2) is 32.7 Å². The van der Waals surface area contributed by atoms with Crippen LogP contribution >= 0.6 is 0 Å². The van der Waals surface area contributed by atoms with Gasteiger partial charge in [-0.25, -0.2) is 4.98 Å². The van der Waals surface area contributed by atoms with Crippen LogP contribution in [0.15, 0.2) is 10.9 Å². The highest BCUT2D eigenvalue weighted by Crippen LogP contribution is 2.30. The van der Waals surface area contributed by atoms with Crippen molar-refractivity contribution in [2.24, 2.45) is 0 Å². The molecule has 0 unspecified atom stereocenters. The molecule has 24 heavy (non-hydrogen) atoms. The molecule has 3 heterocycles. The molecule has 0 radical (unpaired) electrons. The molecule has 0 aromatic carbocycles. The Morgan fingerprint density at radius 1 is 1.08 bits per heavy atom. The number of likely N-dealkylation sites (tertiary alicyclic amines) is 1. The van der Waals surface area contributed by atoms with E-state index < -0.39 is 0 Å². The van der Waals surface area contributed by atoms with Gasteiger partial charge in [0.2, 0.25) is 0 Å². The molecule has 5 rings (SSSR count). The van der Waals surface area contributed by atoms with Gasteiger partial charge in [0.05, 0.1) is 12.0 Å². The molecule has 5 nitrogen and oxygen atoms in total. The molecule has 1 aliphatic heterocycles. The summed E-state index contributed by atoms with van der Waals surface area (Å²) in [6.45, 7) is 3.22. The second-order valence-corrected chi connectivity index (χ2v) is 7.67. The second kappa shape index (κ2) is 6.03. The van der Waals surface area contributed by atoms with Crippen molar-refractivity contribution in [3.8, 4) is 0 Å². The summed E-state index contributed by atoms with van der Waals surface area (Å²) in [5.74, 6) is 1.15. The monoisotopic (exact) mass is 326 g/mol. The van der Waals surface area contributed by atoms with Crippen LogP contribution in [0.1, 0.15) is 66.6 Å². The molecule has 3 aliphatic rings. The minimum absolute atomic E-state index is 0.585. The number of hydrogen-bond donors (Lipinski definition) is 0. The summed E-state index contributed by atoms with van der Waals surface area (Å²) in [5.41, 5.74) is 5.46. The Balaban J connectivity index is 1.29. The molecule has 2 aliphatic carbocycles. The maximum Gasteiger partial charge on any atom is 0.140 e. The first-order valence-corrected chi connectivity index (χ1v) is 9.62. The van der Waals surface area contributed by atoms with E-state index in [2.05, 4.69) is 25.9 Å². The summed E-state index contributed by atoms with van der Waals surface area (Å²) >= 11 is 0. The first-order chi connectivity index (χ1) is 11.9. The van der Waals surface area contributed by atoms with Crippen molar-refractivity contribution in [3.05, 3.63) is 34.7 Å². The lowest BCUT2D eigenvalue weighted by molar-refractivity contribution is 0.298. The lowest BCUT2D eigenvalue weighted by Gasteiger charge is -2.20. The van der Waals surface area contributed by atoms with Gasteiger partial charge in [0.25, 0.3) is 0 Å². The number of imidazole rings is 1. The second-order valence-electron chi connectivity index (χ2n) is 7.67. The maximum atomic E-state index is 5.58. The molecule has 5 heteroatoms. The quantitative estimate of drug-likeness (QED) is 0.870. The SMILES string of the molecule is c1nc2c(n1[C@H]1CCN(Cc3noc4c3CCCC4)C1)CCCC2. The van der Waals surface area contributed by atoms with Crippen molar-refractivity contribution in [2.75, 3.05) is 13.1 Å². The first-order valence-electron chi connectivity index (χ1n) is 9.62. The fourth-order valence-electron chi connectivity index (χ4n) is 4.77. The van der Waals surface area contributed by atoms with Crippen LogP contribution in [0.5, 0.6) is 0 Å². The largest absolute Gasteiger partial charge is 0.361 e. The Hall–Kier alpha value is -1.62. The van der Waals surface area contributed by atoms with Gasteiger partial charge in [-0.1, -0.05) is 5.16 Å². The third-order valence-electron chi connectivity index (χ3n) is 6.11. The predicted molar refractivity (Wildman–Crippen MR) is 90.9 cm³/mol. The smallest absolute Gasteiger partial charge is 0.140 e. The number of aromatic nitrogens is 3. The molecular weight excluding hydrogens is 300 g/mol. The number of fused-ring (bicyclic) bond motifs is 2. The van der Waals surface area contributed by atoms with Gasteiger partial charge in [-0.05, 0) is 51.4 Å². The number of nitrogens with zero attached hydrogens (tertiary/aromatic N) is 4. The van der Waals surface area contributed by atoms with Gasteiger partial charge in [-0.2, -0.15) is 0 Å². The van der Waals surface area contributed by atoms with Gasteiger partial charge in [0.1, 0.15) is 11.5 Å². The molecule has 0 bridgehead atoms. The zero-order valence-corrected chi connectivity index (χ0v) is 14.3. The highest BCUT2D eigenvalue weighted by molar-refractivity contribution is 5.25. The fourth-order valence-corrected chi connectivity index (χ4v) is 4.77. The topological polar surface area (TPSA) is 47.1 Å². The van der Waals surface area contributed by atoms with E-state index in [1.807, 2.05) is 0 Å². The normalized spacial score (nSPS) is 24.1. The molecule has 1 atom stereocenters. The van der Waals surface area contributed by atoms with Crippen molar-refractivity contribution < 1.29 is 4.52 Å². The number of rotatable bonds is 3. The molecule has 2 aromatic heterocycles. The van der Waals surface area contributed by atoms with Crippen LogP contribution in [0.2, 0.25) is 0 Å². The average Bonchev–Trinajstić information content (AvgIpc) is 3.34. The highest BCUT2D eigenvalue weighted by Gasteiger charge is 2.29. The van der Waals surface area contributed by atoms with E-state index in [-0.39, 0.29) is 0 Å². The Morgan fingerprint density at radius 3 is 2.96 bits per heavy atom. The molecule has 2 aromatic rings. The summed E-state index contributed by atoms with van der Waals surface area (Å²) in [6, 6.07) is 0.585. The van der Waals surface area contributed by atoms with Gasteiger partial charge in [0.15, 0.2) is 0 Å². The fraction of sp³-hybridized carbons (Fsp3) is 0.684. The molecule has 0 N–H and O–H groups in total. The third-order valence-corrected chi connectivity index (χ3v) is 6.11. The van der Waals surface area contributed by atoms with E-state index in [9.17, 15) is 0 Å². The van der Waals surface area contributed by atoms with Gasteiger partial charge in [-0.3, -0.25) is 4.90 Å². The zero-order chi connectivity index (χ0) is 15.9. The van der Waals surface area contributed by atoms with Crippen LogP contribution < -0.4 is 0 Å². The molecular formula is C19H26N4O. The van der Waals surface area contributed by atoms with Crippen LogP contribution in [0.3, 0.4) is 0 Å². The van der Waals surface area contributed by atoms with E-state index in [4.69, 9.17) is 4.52 Å². The van der Waals surface area contributed by atoms with Gasteiger partial charge >= 0.3 is 0 Å². The van der Waals surface area contributed by atoms with Crippen LogP contribution in [0.25, 0.3) is 0 Å². The van der Waals surface area contributed by atoms with Gasteiger partial charge in [0, 0.05) is 43.4 Å². The minimum Gasteiger partial charge on any atom is -0.361 e. The summed E-state index contributed by atoms with van der Waals surface area (Å²) in [7, 11) is 0. The van der Waals surface area contributed by atoms with E-state index >= 15 is 0 Å². The molecule has 0 spiro atoms. The Kier molecular flexibility index (Phi) is 3.69. The standard InChI is InChI=1S/C19H26N4O/c1-4-8-19-15(5-1)17(21-24-19)12-22-10-9-14(11-22)23-13-20-16-6-2-3-7-18(16)23/h13-14H,1-12H2/t14-/m0/s1. The van der Waals surface area contributed by atoms with Gasteiger partial charge in [-0.15, -0.1) is 0 Å². The lowest BCUT2D eigenvalue weighted by atomic mass is 9.96. The molecule has 1 fully saturated rings. The highest BCUT2D eigenvalue weighted by atomic mass is 16.5. The summed E-state index contributed by atoms with van der Waals surface area (Å²) in [6.07, 6.45) is 13.1. The van der Waals surface area contributed by atoms with Gasteiger partial charge < -0.3 is 9.09 Å². The summed E-state index contributed by atoms with van der Waals surface area (Å²) < 4.78 is 8.06. The van der Waals surface area contributed by atoms with E-state index in [1.165, 1.54) is 67.6 Å². The Morgan fingerprint density at radius 2 is 1.96 bits per heavy atom. The number of hydrogen-bond acceptors (Lipinski definition) is 4. The van der Waals surface area contributed by atoms with Crippen molar-refractivity contribution in [1.82, 2.24) is 19.6 Å². The van der Waals surface area contributed by atoms with Crippen LogP contribution in [-0.2, 0) is 32.2 Å². The summed E-state index contributed by atoms with van der Waals surface area (Å²) in [4.78, 5) is 7.23. The van der Waals surface area contributed by atoms with Crippen LogP contribution in [0.4, 0.5) is 0 Å². The lowest BCUT2D eigenvalue weighted by Crippen LogP contribution is -2.23. The molecule has 0 amide bonds. The Labute approximate surface area is 143 Å².